The van der Waals surface area contributed by atoms with Gasteiger partial charge in [-0.3, -0.25) is 4.79 Å². The second kappa shape index (κ2) is 7.89. The average Bonchev–Trinajstić information content (AvgIpc) is 2.28. The molecular formula is C11H23N3O3. The molecule has 0 spiro atoms. The predicted octanol–water partition coefficient (Wildman–Crippen LogP) is 0.500. The van der Waals surface area contributed by atoms with Crippen LogP contribution in [0.25, 0.3) is 0 Å². The lowest BCUT2D eigenvalue weighted by Gasteiger charge is -2.25. The van der Waals surface area contributed by atoms with Crippen molar-refractivity contribution in [3.05, 3.63) is 0 Å². The number of rotatable bonds is 7. The maximum atomic E-state index is 12.1. The molecule has 0 radical (unpaired) electrons. The summed E-state index contributed by atoms with van der Waals surface area (Å²) in [4.78, 5) is 13.7. The Morgan fingerprint density at radius 3 is 2.53 bits per heavy atom. The van der Waals surface area contributed by atoms with Crippen molar-refractivity contribution < 1.29 is 14.7 Å². The molecule has 0 saturated carbocycles. The Balaban J connectivity index is 4.51. The fraction of sp³-hybridized carbons (Fsp3) is 0.818. The van der Waals surface area contributed by atoms with Crippen LogP contribution >= 0.6 is 0 Å². The largest absolute Gasteiger partial charge is 0.409 e. The van der Waals surface area contributed by atoms with E-state index in [-0.39, 0.29) is 17.7 Å². The summed E-state index contributed by atoms with van der Waals surface area (Å²) in [5, 5.41) is 11.6. The first-order valence-electron chi connectivity index (χ1n) is 5.67. The van der Waals surface area contributed by atoms with Crippen LogP contribution in [0.4, 0.5) is 0 Å². The van der Waals surface area contributed by atoms with Crippen LogP contribution in [0.15, 0.2) is 5.16 Å². The van der Waals surface area contributed by atoms with Crippen molar-refractivity contribution in [3.63, 3.8) is 0 Å². The van der Waals surface area contributed by atoms with Gasteiger partial charge >= 0.3 is 0 Å². The molecule has 0 heterocycles. The first-order chi connectivity index (χ1) is 7.95. The molecule has 0 saturated heterocycles. The molecule has 1 amide bonds. The summed E-state index contributed by atoms with van der Waals surface area (Å²) < 4.78 is 4.92. The van der Waals surface area contributed by atoms with Crippen molar-refractivity contribution in [1.82, 2.24) is 4.90 Å². The highest BCUT2D eigenvalue weighted by atomic mass is 16.5. The highest BCUT2D eigenvalue weighted by Crippen LogP contribution is 2.14. The summed E-state index contributed by atoms with van der Waals surface area (Å²) in [5.41, 5.74) is 5.54. The van der Waals surface area contributed by atoms with E-state index in [1.54, 1.807) is 19.1 Å². The topological polar surface area (TPSA) is 88.2 Å². The molecule has 17 heavy (non-hydrogen) atoms. The highest BCUT2D eigenvalue weighted by Gasteiger charge is 2.29. The van der Waals surface area contributed by atoms with E-state index in [0.717, 1.165) is 6.42 Å². The lowest BCUT2D eigenvalue weighted by molar-refractivity contribution is -0.133. The fourth-order valence-electron chi connectivity index (χ4n) is 1.61. The van der Waals surface area contributed by atoms with E-state index in [1.807, 2.05) is 13.8 Å². The molecule has 0 aliphatic carbocycles. The van der Waals surface area contributed by atoms with Gasteiger partial charge in [0.15, 0.2) is 5.84 Å². The van der Waals surface area contributed by atoms with Gasteiger partial charge in [-0.1, -0.05) is 19.0 Å². The molecule has 0 aromatic carbocycles. The van der Waals surface area contributed by atoms with Gasteiger partial charge in [-0.25, -0.2) is 0 Å². The zero-order valence-corrected chi connectivity index (χ0v) is 11.0. The molecule has 0 aliphatic heterocycles. The third-order valence-electron chi connectivity index (χ3n) is 2.59. The van der Waals surface area contributed by atoms with E-state index in [2.05, 4.69) is 5.16 Å². The minimum Gasteiger partial charge on any atom is -0.409 e. The van der Waals surface area contributed by atoms with Crippen LogP contribution < -0.4 is 5.73 Å². The Morgan fingerprint density at radius 1 is 1.53 bits per heavy atom. The Labute approximate surface area is 102 Å². The van der Waals surface area contributed by atoms with Gasteiger partial charge < -0.3 is 20.6 Å². The smallest absolute Gasteiger partial charge is 0.233 e. The van der Waals surface area contributed by atoms with Crippen LogP contribution in [0, 0.1) is 11.8 Å². The molecule has 0 aromatic rings. The molecule has 0 fully saturated rings. The monoisotopic (exact) mass is 245 g/mol. The first-order valence-corrected chi connectivity index (χ1v) is 5.67. The first kappa shape index (κ1) is 15.7. The summed E-state index contributed by atoms with van der Waals surface area (Å²) in [6.07, 6.45) is 0.764. The lowest BCUT2D eigenvalue weighted by atomic mass is 9.93. The fourth-order valence-corrected chi connectivity index (χ4v) is 1.61. The number of carbonyl (C=O) groups is 1. The van der Waals surface area contributed by atoms with Gasteiger partial charge in [-0.05, 0) is 12.3 Å². The second-order valence-electron chi connectivity index (χ2n) is 4.35. The maximum absolute atomic E-state index is 12.1. The summed E-state index contributed by atoms with van der Waals surface area (Å²) in [6, 6.07) is 0. The molecule has 3 N–H and O–H groups in total. The minimum atomic E-state index is -0.576. The third kappa shape index (κ3) is 5.04. The van der Waals surface area contributed by atoms with Crippen molar-refractivity contribution in [2.45, 2.75) is 20.3 Å². The number of ether oxygens (including phenoxy) is 1. The predicted molar refractivity (Wildman–Crippen MR) is 65.9 cm³/mol. The van der Waals surface area contributed by atoms with Crippen LogP contribution in [0.1, 0.15) is 20.3 Å². The maximum Gasteiger partial charge on any atom is 0.233 e. The number of methoxy groups -OCH3 is 1. The van der Waals surface area contributed by atoms with E-state index in [9.17, 15) is 4.79 Å². The van der Waals surface area contributed by atoms with E-state index in [4.69, 9.17) is 15.7 Å². The minimum absolute atomic E-state index is 0.0109. The van der Waals surface area contributed by atoms with E-state index in [1.165, 1.54) is 0 Å². The zero-order chi connectivity index (χ0) is 13.4. The van der Waals surface area contributed by atoms with Gasteiger partial charge in [0.2, 0.25) is 5.91 Å². The SMILES string of the molecule is COCCCN(C)C(=O)C(C(N)=NO)C(C)C. The van der Waals surface area contributed by atoms with Crippen LogP contribution in [0.2, 0.25) is 0 Å². The summed E-state index contributed by atoms with van der Waals surface area (Å²) in [7, 11) is 3.33. The Hall–Kier alpha value is -1.30. The highest BCUT2D eigenvalue weighted by molar-refractivity contribution is 6.02. The van der Waals surface area contributed by atoms with Crippen LogP contribution in [-0.2, 0) is 9.53 Å². The second-order valence-corrected chi connectivity index (χ2v) is 4.35. The molecule has 1 atom stereocenters. The molecule has 0 aliphatic rings. The molecule has 0 bridgehead atoms. The molecule has 6 heteroatoms. The third-order valence-corrected chi connectivity index (χ3v) is 2.59. The zero-order valence-electron chi connectivity index (χ0n) is 11.0. The standard InChI is InChI=1S/C11H23N3O3/c1-8(2)9(10(12)13-16)11(15)14(3)6-5-7-17-4/h8-9,16H,5-7H2,1-4H3,(H2,12,13). The molecule has 6 nitrogen and oxygen atoms in total. The molecule has 100 valence electrons. The van der Waals surface area contributed by atoms with Gasteiger partial charge in [0.25, 0.3) is 0 Å². The number of hydrogen-bond acceptors (Lipinski definition) is 4. The summed E-state index contributed by atoms with van der Waals surface area (Å²) in [5.74, 6) is -0.759. The summed E-state index contributed by atoms with van der Waals surface area (Å²) in [6.45, 7) is 4.93. The molecular weight excluding hydrogens is 222 g/mol. The normalized spacial score (nSPS) is 13.8. The van der Waals surface area contributed by atoms with E-state index >= 15 is 0 Å². The van der Waals surface area contributed by atoms with E-state index < -0.39 is 5.92 Å². The van der Waals surface area contributed by atoms with Gasteiger partial charge in [0.1, 0.15) is 5.92 Å². The summed E-state index contributed by atoms with van der Waals surface area (Å²) >= 11 is 0. The Morgan fingerprint density at radius 2 is 2.12 bits per heavy atom. The molecule has 1 unspecified atom stereocenters. The van der Waals surface area contributed by atoms with Crippen LogP contribution in [0.5, 0.6) is 0 Å². The number of carbonyl (C=O) groups excluding carboxylic acids is 1. The average molecular weight is 245 g/mol. The Kier molecular flexibility index (Phi) is 7.29. The van der Waals surface area contributed by atoms with E-state index in [0.29, 0.717) is 13.2 Å². The van der Waals surface area contributed by atoms with Crippen molar-refractivity contribution in [2.24, 2.45) is 22.7 Å². The quantitative estimate of drug-likeness (QED) is 0.225. The van der Waals surface area contributed by atoms with Crippen molar-refractivity contribution in [1.29, 1.82) is 0 Å². The van der Waals surface area contributed by atoms with Crippen molar-refractivity contribution >= 4 is 11.7 Å². The number of nitrogens with zero attached hydrogens (tertiary/aromatic N) is 2. The number of amides is 1. The number of hydrogen-bond donors (Lipinski definition) is 2. The number of amidine groups is 1. The molecule has 0 rings (SSSR count). The number of nitrogens with two attached hydrogens (primary N) is 1. The van der Waals surface area contributed by atoms with Gasteiger partial charge in [0, 0.05) is 27.3 Å². The van der Waals surface area contributed by atoms with Crippen LogP contribution in [-0.4, -0.2) is 49.2 Å². The van der Waals surface area contributed by atoms with Crippen molar-refractivity contribution in [2.75, 3.05) is 27.3 Å². The van der Waals surface area contributed by atoms with Gasteiger partial charge in [0.05, 0.1) is 0 Å². The van der Waals surface area contributed by atoms with Gasteiger partial charge in [-0.2, -0.15) is 0 Å². The molecule has 0 aromatic heterocycles. The van der Waals surface area contributed by atoms with Crippen molar-refractivity contribution in [3.8, 4) is 0 Å². The van der Waals surface area contributed by atoms with Gasteiger partial charge in [-0.15, -0.1) is 0 Å². The lowest BCUT2D eigenvalue weighted by Crippen LogP contribution is -2.43. The number of oxime groups is 1. The van der Waals surface area contributed by atoms with Crippen LogP contribution in [0.3, 0.4) is 0 Å². The Bertz CT molecular complexity index is 267.